The van der Waals surface area contributed by atoms with E-state index in [1.807, 2.05) is 24.3 Å². The predicted octanol–water partition coefficient (Wildman–Crippen LogP) is -0.255. The van der Waals surface area contributed by atoms with E-state index in [2.05, 4.69) is 5.10 Å². The van der Waals surface area contributed by atoms with Crippen LogP contribution in [-0.4, -0.2) is 20.4 Å². The molecule has 1 aromatic carbocycles. The molecule has 0 N–H and O–H groups in total. The Labute approximate surface area is 67.1 Å². The van der Waals surface area contributed by atoms with E-state index in [0.717, 1.165) is 10.9 Å². The highest BCUT2D eigenvalue weighted by Gasteiger charge is 1.97. The highest BCUT2D eigenvalue weighted by molar-refractivity contribution is 5.98. The zero-order valence-electron chi connectivity index (χ0n) is 6.19. The summed E-state index contributed by atoms with van der Waals surface area (Å²) in [5.41, 5.74) is 1.03. The number of aromatic nitrogens is 2. The van der Waals surface area contributed by atoms with E-state index in [1.54, 1.807) is 11.0 Å². The minimum atomic E-state index is 0.662. The average Bonchev–Trinajstić information content (AvgIpc) is 2.47. The molecule has 0 unspecified atom stereocenters. The van der Waals surface area contributed by atoms with Crippen LogP contribution in [0.15, 0.2) is 30.5 Å². The lowest BCUT2D eigenvalue weighted by Gasteiger charge is -1.98. The second-order valence-corrected chi connectivity index (χ2v) is 2.62. The first-order valence-electron chi connectivity index (χ1n) is 3.39. The maximum Gasteiger partial charge on any atom is 0.242 e. The van der Waals surface area contributed by atoms with Crippen molar-refractivity contribution in [3.05, 3.63) is 30.5 Å². The van der Waals surface area contributed by atoms with Crippen molar-refractivity contribution >= 4 is 21.4 Å². The molecule has 1 heterocycles. The van der Waals surface area contributed by atoms with Gasteiger partial charge in [-0.1, -0.05) is 18.2 Å². The third-order valence-corrected chi connectivity index (χ3v) is 1.96. The van der Waals surface area contributed by atoms with Crippen LogP contribution in [0.25, 0.3) is 10.9 Å². The maximum atomic E-state index is 5.11. The van der Waals surface area contributed by atoms with Crippen LogP contribution < -0.4 is 4.53 Å². The summed E-state index contributed by atoms with van der Waals surface area (Å²) >= 11 is 0. The summed E-state index contributed by atoms with van der Waals surface area (Å²) in [6.45, 7) is 0. The Hall–Kier alpha value is -1.29. The summed E-state index contributed by atoms with van der Waals surface area (Å²) in [4.78, 5) is 1.56. The molecular formula is C7H8N2OSi. The number of benzene rings is 1. The summed E-state index contributed by atoms with van der Waals surface area (Å²) in [5, 5.41) is 5.16. The zero-order chi connectivity index (χ0) is 7.68. The molecular weight excluding hydrogens is 156 g/mol. The number of fused-ring (bicyclic) bond motifs is 1. The third kappa shape index (κ3) is 0.913. The molecule has 0 aliphatic rings. The lowest BCUT2D eigenvalue weighted by atomic mass is 10.3. The van der Waals surface area contributed by atoms with E-state index >= 15 is 0 Å². The van der Waals surface area contributed by atoms with Gasteiger partial charge >= 0.3 is 0 Å². The lowest BCUT2D eigenvalue weighted by molar-refractivity contribution is 0.270. The molecule has 0 fully saturated rings. The van der Waals surface area contributed by atoms with Crippen LogP contribution in [0.4, 0.5) is 0 Å². The second-order valence-electron chi connectivity index (χ2n) is 2.26. The molecule has 0 saturated carbocycles. The third-order valence-electron chi connectivity index (χ3n) is 1.62. The summed E-state index contributed by atoms with van der Waals surface area (Å²) in [5.74, 6) is 0. The van der Waals surface area contributed by atoms with Gasteiger partial charge in [0, 0.05) is 5.39 Å². The molecule has 0 spiro atoms. The highest BCUT2D eigenvalue weighted by atomic mass is 28.2. The average molecular weight is 164 g/mol. The summed E-state index contributed by atoms with van der Waals surface area (Å²) < 4.78 is 5.11. The largest absolute Gasteiger partial charge is 0.467 e. The molecule has 3 nitrogen and oxygen atoms in total. The Morgan fingerprint density at radius 2 is 2.18 bits per heavy atom. The molecule has 4 heteroatoms. The first kappa shape index (κ1) is 6.42. The topological polar surface area (TPSA) is 27.1 Å². The molecule has 0 aliphatic heterocycles. The van der Waals surface area contributed by atoms with Crippen LogP contribution >= 0.6 is 0 Å². The fourth-order valence-electron chi connectivity index (χ4n) is 1.09. The van der Waals surface area contributed by atoms with Gasteiger partial charge in [0.2, 0.25) is 10.5 Å². The molecule has 0 amide bonds. The van der Waals surface area contributed by atoms with Gasteiger partial charge in [-0.2, -0.15) is 0 Å². The monoisotopic (exact) mass is 164 g/mol. The second kappa shape index (κ2) is 2.39. The molecule has 0 saturated heterocycles. The van der Waals surface area contributed by atoms with E-state index < -0.39 is 0 Å². The molecule has 0 aliphatic carbocycles. The van der Waals surface area contributed by atoms with Crippen molar-refractivity contribution in [3.63, 3.8) is 0 Å². The molecule has 0 atom stereocenters. The Balaban J connectivity index is 2.76. The van der Waals surface area contributed by atoms with Gasteiger partial charge in [-0.25, -0.2) is 0 Å². The lowest BCUT2D eigenvalue weighted by Crippen LogP contribution is -2.07. The minimum Gasteiger partial charge on any atom is -0.467 e. The Bertz CT molecular complexity index is 371. The Morgan fingerprint density at radius 3 is 3.00 bits per heavy atom. The smallest absolute Gasteiger partial charge is 0.242 e. The number of hydrogen-bond acceptors (Lipinski definition) is 2. The fourth-order valence-corrected chi connectivity index (χ4v) is 1.38. The van der Waals surface area contributed by atoms with E-state index in [1.165, 1.54) is 0 Å². The van der Waals surface area contributed by atoms with Gasteiger partial charge in [-0.15, -0.1) is 9.94 Å². The Morgan fingerprint density at radius 1 is 1.36 bits per heavy atom. The summed E-state index contributed by atoms with van der Waals surface area (Å²) in [6, 6.07) is 7.96. The first-order chi connectivity index (χ1) is 5.42. The number of hydrogen-bond donors (Lipinski definition) is 0. The number of rotatable bonds is 1. The SMILES string of the molecule is [SiH3]On1ncc2ccccc21. The van der Waals surface area contributed by atoms with Crippen LogP contribution in [0.3, 0.4) is 0 Å². The van der Waals surface area contributed by atoms with Crippen molar-refractivity contribution in [3.8, 4) is 0 Å². The maximum absolute atomic E-state index is 5.11. The van der Waals surface area contributed by atoms with Crippen LogP contribution in [0, 0.1) is 0 Å². The van der Waals surface area contributed by atoms with Gasteiger partial charge in [0.05, 0.1) is 6.20 Å². The first-order valence-corrected chi connectivity index (χ1v) is 4.21. The van der Waals surface area contributed by atoms with Gasteiger partial charge in [-0.3, -0.25) is 0 Å². The standard InChI is InChI=1S/C7H8N2OSi/c11-10-9-7-4-2-1-3-6(7)5-8-9/h1-5H,11H3. The van der Waals surface area contributed by atoms with Gasteiger partial charge in [0.25, 0.3) is 0 Å². The van der Waals surface area contributed by atoms with E-state index in [4.69, 9.17) is 4.53 Å². The predicted molar refractivity (Wildman–Crippen MR) is 46.3 cm³/mol. The van der Waals surface area contributed by atoms with Gasteiger partial charge in [-0.05, 0) is 6.07 Å². The quantitative estimate of drug-likeness (QED) is 0.543. The van der Waals surface area contributed by atoms with Crippen molar-refractivity contribution in [2.24, 2.45) is 0 Å². The van der Waals surface area contributed by atoms with Crippen molar-refractivity contribution in [1.82, 2.24) is 9.94 Å². The Kier molecular flexibility index (Phi) is 1.40. The van der Waals surface area contributed by atoms with Crippen LogP contribution in [-0.2, 0) is 0 Å². The van der Waals surface area contributed by atoms with E-state index in [9.17, 15) is 0 Å². The van der Waals surface area contributed by atoms with Crippen LogP contribution in [0.2, 0.25) is 0 Å². The zero-order valence-corrected chi connectivity index (χ0v) is 8.19. The minimum absolute atomic E-state index is 0.662. The van der Waals surface area contributed by atoms with E-state index in [-0.39, 0.29) is 0 Å². The molecule has 0 radical (unpaired) electrons. The number of nitrogens with zero attached hydrogens (tertiary/aromatic N) is 2. The van der Waals surface area contributed by atoms with Crippen LogP contribution in [0.1, 0.15) is 0 Å². The summed E-state index contributed by atoms with van der Waals surface area (Å²) in [6.07, 6.45) is 1.80. The van der Waals surface area contributed by atoms with Crippen molar-refractivity contribution in [1.29, 1.82) is 0 Å². The highest BCUT2D eigenvalue weighted by Crippen LogP contribution is 2.10. The molecule has 11 heavy (non-hydrogen) atoms. The number of para-hydroxylation sites is 1. The molecule has 2 aromatic rings. The molecule has 1 aromatic heterocycles. The molecule has 0 bridgehead atoms. The molecule has 56 valence electrons. The van der Waals surface area contributed by atoms with Crippen molar-refractivity contribution in [2.45, 2.75) is 0 Å². The van der Waals surface area contributed by atoms with Crippen molar-refractivity contribution < 1.29 is 4.53 Å². The summed E-state index contributed by atoms with van der Waals surface area (Å²) in [7, 11) is 0.662. The van der Waals surface area contributed by atoms with Crippen molar-refractivity contribution in [2.75, 3.05) is 0 Å². The van der Waals surface area contributed by atoms with Gasteiger partial charge in [0.15, 0.2) is 0 Å². The van der Waals surface area contributed by atoms with E-state index in [0.29, 0.717) is 10.5 Å². The fraction of sp³-hybridized carbons (Fsp3) is 0. The van der Waals surface area contributed by atoms with Gasteiger partial charge < -0.3 is 4.53 Å². The van der Waals surface area contributed by atoms with Crippen LogP contribution in [0.5, 0.6) is 0 Å². The molecule has 2 rings (SSSR count). The van der Waals surface area contributed by atoms with Gasteiger partial charge in [0.1, 0.15) is 5.52 Å². The normalized spacial score (nSPS) is 10.5.